The van der Waals surface area contributed by atoms with Crippen molar-refractivity contribution in [3.05, 3.63) is 30.5 Å². The first-order valence-electron chi connectivity index (χ1n) is 12.2. The lowest BCUT2D eigenvalue weighted by Gasteiger charge is -2.18. The molecule has 1 heterocycles. The number of carboxylic acid groups (broad SMARTS) is 1. The molecule has 8 N–H and O–H groups in total. The number of carbonyl (C=O) groups excluding carboxylic acids is 2. The Kier molecular flexibility index (Phi) is 11.9. The zero-order valence-corrected chi connectivity index (χ0v) is 21.0. The Morgan fingerprint density at radius 2 is 1.94 bits per heavy atom. The summed E-state index contributed by atoms with van der Waals surface area (Å²) in [5.41, 5.74) is 12.9. The molecule has 1 unspecified atom stereocenters. The fraction of sp³-hybridized carbons (Fsp3) is 0.520. The van der Waals surface area contributed by atoms with E-state index in [0.717, 1.165) is 35.2 Å². The number of anilines is 1. The van der Waals surface area contributed by atoms with Crippen LogP contribution in [0.2, 0.25) is 0 Å². The molecule has 2 aromatic rings. The predicted octanol–water partition coefficient (Wildman–Crippen LogP) is 1.36. The topological polar surface area (TPSA) is 182 Å². The number of methoxy groups -OCH3 is 1. The Morgan fingerprint density at radius 3 is 2.64 bits per heavy atom. The van der Waals surface area contributed by atoms with Crippen LogP contribution in [-0.2, 0) is 14.4 Å². The Labute approximate surface area is 211 Å². The molecular weight excluding hydrogens is 464 g/mol. The molecule has 2 amide bonds. The fourth-order valence-electron chi connectivity index (χ4n) is 3.74. The van der Waals surface area contributed by atoms with Crippen molar-refractivity contribution in [3.8, 4) is 5.75 Å². The first-order valence-corrected chi connectivity index (χ1v) is 12.2. The van der Waals surface area contributed by atoms with Crippen LogP contribution in [0.5, 0.6) is 5.75 Å². The molecule has 0 spiro atoms. The number of benzene rings is 1. The van der Waals surface area contributed by atoms with Crippen LogP contribution >= 0.6 is 0 Å². The summed E-state index contributed by atoms with van der Waals surface area (Å²) in [6.45, 7) is 2.90. The largest absolute Gasteiger partial charge is 0.497 e. The second-order valence-electron chi connectivity index (χ2n) is 8.76. The number of aliphatic carboxylic acids is 1. The number of aromatic nitrogens is 1. The van der Waals surface area contributed by atoms with Crippen LogP contribution in [0.3, 0.4) is 0 Å². The van der Waals surface area contributed by atoms with E-state index in [-0.39, 0.29) is 24.8 Å². The van der Waals surface area contributed by atoms with Crippen molar-refractivity contribution in [3.63, 3.8) is 0 Å². The van der Waals surface area contributed by atoms with Gasteiger partial charge in [0.1, 0.15) is 11.8 Å². The molecule has 198 valence electrons. The average Bonchev–Trinajstić information content (AvgIpc) is 2.87. The first kappa shape index (κ1) is 28.8. The van der Waals surface area contributed by atoms with E-state index in [0.29, 0.717) is 25.9 Å². The lowest BCUT2D eigenvalue weighted by molar-refractivity contribution is -0.142. The molecule has 0 saturated heterocycles. The number of carbonyl (C=O) groups is 3. The molecule has 0 fully saturated rings. The summed E-state index contributed by atoms with van der Waals surface area (Å²) in [6, 6.07) is 5.82. The van der Waals surface area contributed by atoms with Crippen molar-refractivity contribution in [2.45, 2.75) is 63.6 Å². The number of amides is 2. The van der Waals surface area contributed by atoms with Gasteiger partial charge < -0.3 is 37.3 Å². The molecule has 2 rings (SSSR count). The van der Waals surface area contributed by atoms with Gasteiger partial charge in [0.2, 0.25) is 11.8 Å². The lowest BCUT2D eigenvalue weighted by Crippen LogP contribution is -2.48. The van der Waals surface area contributed by atoms with Gasteiger partial charge in [0.05, 0.1) is 24.4 Å². The third-order valence-corrected chi connectivity index (χ3v) is 5.78. The van der Waals surface area contributed by atoms with Crippen molar-refractivity contribution < 1.29 is 24.2 Å². The van der Waals surface area contributed by atoms with Crippen LogP contribution < -0.4 is 32.2 Å². The summed E-state index contributed by atoms with van der Waals surface area (Å²) in [6.07, 6.45) is 4.15. The molecule has 0 saturated carbocycles. The second-order valence-corrected chi connectivity index (χ2v) is 8.76. The molecular formula is C25H38N6O5. The molecule has 0 aliphatic rings. The van der Waals surface area contributed by atoms with Crippen molar-refractivity contribution in [1.29, 1.82) is 0 Å². The average molecular weight is 503 g/mol. The number of fused-ring (bicyclic) bond motifs is 1. The van der Waals surface area contributed by atoms with Gasteiger partial charge in [0.15, 0.2) is 0 Å². The third-order valence-electron chi connectivity index (χ3n) is 5.78. The summed E-state index contributed by atoms with van der Waals surface area (Å²) in [4.78, 5) is 40.2. The van der Waals surface area contributed by atoms with Gasteiger partial charge in [-0.3, -0.25) is 14.6 Å². The van der Waals surface area contributed by atoms with Crippen LogP contribution in [-0.4, -0.2) is 66.2 Å². The van der Waals surface area contributed by atoms with Crippen molar-refractivity contribution in [2.75, 3.05) is 25.5 Å². The summed E-state index contributed by atoms with van der Waals surface area (Å²) in [5.74, 6) is -1.30. The monoisotopic (exact) mass is 502 g/mol. The number of nitrogens with one attached hydrogen (secondary N) is 3. The first-order chi connectivity index (χ1) is 17.2. The van der Waals surface area contributed by atoms with Crippen LogP contribution in [0, 0.1) is 0 Å². The number of nitrogens with two attached hydrogens (primary N) is 2. The highest BCUT2D eigenvalue weighted by molar-refractivity contribution is 5.92. The standard InChI is InChI=1S/C25H38N6O5/c1-16(30-21-15-18(36-2)14-17-7-5-13-29-23(17)21)6-4-12-28-22(32)10-9-20(25(34)35)31-24(33)19(27)8-3-11-26/h5,7,13-16,19-20,30H,3-4,6,8-12,26-27H2,1-2H3,(H,28,32)(H,31,33)(H,34,35)/t16?,19-,20-/m0/s1. The lowest BCUT2D eigenvalue weighted by atomic mass is 10.1. The van der Waals surface area contributed by atoms with Crippen molar-refractivity contribution >= 4 is 34.4 Å². The highest BCUT2D eigenvalue weighted by atomic mass is 16.5. The maximum atomic E-state index is 12.2. The van der Waals surface area contributed by atoms with E-state index in [2.05, 4.69) is 27.9 Å². The molecule has 11 heteroatoms. The maximum absolute atomic E-state index is 12.2. The smallest absolute Gasteiger partial charge is 0.326 e. The summed E-state index contributed by atoms with van der Waals surface area (Å²) in [7, 11) is 1.62. The Bertz CT molecular complexity index is 1020. The molecule has 0 bridgehead atoms. The minimum absolute atomic E-state index is 0.0233. The molecule has 11 nitrogen and oxygen atoms in total. The normalized spacial score (nSPS) is 13.4. The zero-order valence-electron chi connectivity index (χ0n) is 21.0. The highest BCUT2D eigenvalue weighted by Crippen LogP contribution is 2.28. The Morgan fingerprint density at radius 1 is 1.17 bits per heavy atom. The van der Waals surface area contributed by atoms with Gasteiger partial charge in [-0.15, -0.1) is 0 Å². The second kappa shape index (κ2) is 14.8. The van der Waals surface area contributed by atoms with Crippen LogP contribution in [0.4, 0.5) is 5.69 Å². The highest BCUT2D eigenvalue weighted by Gasteiger charge is 2.23. The van der Waals surface area contributed by atoms with Gasteiger partial charge >= 0.3 is 5.97 Å². The van der Waals surface area contributed by atoms with E-state index in [1.165, 1.54) is 0 Å². The quantitative estimate of drug-likeness (QED) is 0.185. The summed E-state index contributed by atoms with van der Waals surface area (Å²) >= 11 is 0. The van der Waals surface area contributed by atoms with Gasteiger partial charge in [-0.05, 0) is 57.7 Å². The van der Waals surface area contributed by atoms with E-state index in [4.69, 9.17) is 16.2 Å². The minimum Gasteiger partial charge on any atom is -0.497 e. The molecule has 1 aromatic carbocycles. The third kappa shape index (κ3) is 9.31. The number of hydrogen-bond donors (Lipinski definition) is 6. The zero-order chi connectivity index (χ0) is 26.5. The van der Waals surface area contributed by atoms with Crippen molar-refractivity contribution in [2.24, 2.45) is 11.5 Å². The molecule has 1 aromatic heterocycles. The van der Waals surface area contributed by atoms with Crippen LogP contribution in [0.15, 0.2) is 30.5 Å². The molecule has 0 radical (unpaired) electrons. The van der Waals surface area contributed by atoms with E-state index >= 15 is 0 Å². The number of carboxylic acids is 1. The van der Waals surface area contributed by atoms with Crippen LogP contribution in [0.1, 0.15) is 45.4 Å². The van der Waals surface area contributed by atoms with Crippen molar-refractivity contribution in [1.82, 2.24) is 15.6 Å². The van der Waals surface area contributed by atoms with Gasteiger partial charge in [-0.2, -0.15) is 0 Å². The number of rotatable bonds is 16. The summed E-state index contributed by atoms with van der Waals surface area (Å²) < 4.78 is 5.39. The van der Waals surface area contributed by atoms with Crippen LogP contribution in [0.25, 0.3) is 10.9 Å². The number of ether oxygens (including phenoxy) is 1. The van der Waals surface area contributed by atoms with E-state index in [1.54, 1.807) is 13.3 Å². The molecule has 0 aliphatic heterocycles. The van der Waals surface area contributed by atoms with Gasteiger partial charge in [-0.1, -0.05) is 6.07 Å². The minimum atomic E-state index is -1.21. The van der Waals surface area contributed by atoms with E-state index in [9.17, 15) is 19.5 Å². The number of hydrogen-bond acceptors (Lipinski definition) is 8. The summed E-state index contributed by atoms with van der Waals surface area (Å²) in [5, 5.41) is 19.0. The Balaban J connectivity index is 1.74. The molecule has 36 heavy (non-hydrogen) atoms. The van der Waals surface area contributed by atoms with E-state index in [1.807, 2.05) is 24.3 Å². The maximum Gasteiger partial charge on any atom is 0.326 e. The predicted molar refractivity (Wildman–Crippen MR) is 139 cm³/mol. The van der Waals surface area contributed by atoms with E-state index < -0.39 is 24.0 Å². The molecule has 3 atom stereocenters. The van der Waals surface area contributed by atoms with Gasteiger partial charge in [0.25, 0.3) is 0 Å². The number of nitrogens with zero attached hydrogens (tertiary/aromatic N) is 1. The SMILES string of the molecule is COc1cc(NC(C)CCCNC(=O)CC[C@H](NC(=O)[C@@H](N)CCCN)C(=O)O)c2ncccc2c1. The fourth-order valence-corrected chi connectivity index (χ4v) is 3.74. The molecule has 0 aliphatic carbocycles. The Hall–Kier alpha value is -3.44. The van der Waals surface area contributed by atoms with Gasteiger partial charge in [-0.25, -0.2) is 4.79 Å². The number of pyridine rings is 1. The van der Waals surface area contributed by atoms with Gasteiger partial charge in [0, 0.05) is 36.7 Å².